The minimum Gasteiger partial charge on any atom is -0.481 e. The van der Waals surface area contributed by atoms with Crippen molar-refractivity contribution in [2.75, 3.05) is 0 Å². The van der Waals surface area contributed by atoms with E-state index in [1.807, 2.05) is 78.9 Å². The van der Waals surface area contributed by atoms with Crippen LogP contribution < -0.4 is 10.1 Å². The lowest BCUT2D eigenvalue weighted by Crippen LogP contribution is -2.39. The fraction of sp³-hybridized carbons (Fsp3) is 0.148. The highest BCUT2D eigenvalue weighted by atomic mass is 16.5. The highest BCUT2D eigenvalue weighted by molar-refractivity contribution is 5.84. The zero-order valence-corrected chi connectivity index (χ0v) is 17.2. The molecule has 0 bridgehead atoms. The van der Waals surface area contributed by atoms with Crippen molar-refractivity contribution in [3.63, 3.8) is 0 Å². The number of ether oxygens (including phenoxy) is 1. The highest BCUT2D eigenvalue weighted by Crippen LogP contribution is 2.26. The second-order valence-electron chi connectivity index (χ2n) is 7.48. The molecule has 0 spiro atoms. The Labute approximate surface area is 177 Å². The first kappa shape index (κ1) is 19.7. The van der Waals surface area contributed by atoms with Gasteiger partial charge in [0.1, 0.15) is 5.75 Å². The van der Waals surface area contributed by atoms with Crippen LogP contribution in [0.15, 0.2) is 97.1 Å². The zero-order chi connectivity index (χ0) is 20.9. The summed E-state index contributed by atoms with van der Waals surface area (Å²) >= 11 is 0. The first-order valence-electron chi connectivity index (χ1n) is 10.2. The van der Waals surface area contributed by atoms with Crippen molar-refractivity contribution < 1.29 is 9.53 Å². The van der Waals surface area contributed by atoms with E-state index in [1.54, 1.807) is 6.92 Å². The lowest BCUT2D eigenvalue weighted by atomic mass is 9.95. The molecular weight excluding hydrogens is 370 g/mol. The Morgan fingerprint density at radius 1 is 0.800 bits per heavy atom. The maximum absolute atomic E-state index is 13.0. The number of rotatable bonds is 6. The number of hydrogen-bond acceptors (Lipinski definition) is 2. The molecule has 2 atom stereocenters. The van der Waals surface area contributed by atoms with Crippen molar-refractivity contribution in [1.82, 2.24) is 5.32 Å². The number of carbonyl (C=O) groups is 1. The third kappa shape index (κ3) is 4.36. The molecule has 1 amide bonds. The van der Waals surface area contributed by atoms with Gasteiger partial charge < -0.3 is 10.1 Å². The Balaban J connectivity index is 1.55. The maximum atomic E-state index is 13.0. The molecular formula is C27H25NO2. The Bertz CT molecular complexity index is 1150. The van der Waals surface area contributed by atoms with Crippen molar-refractivity contribution in [1.29, 1.82) is 0 Å². The van der Waals surface area contributed by atoms with Crippen LogP contribution in [0, 0.1) is 6.92 Å². The number of hydrogen-bond donors (Lipinski definition) is 1. The molecule has 3 heteroatoms. The van der Waals surface area contributed by atoms with Gasteiger partial charge in [-0.3, -0.25) is 4.79 Å². The molecule has 0 saturated carbocycles. The predicted octanol–water partition coefficient (Wildman–Crippen LogP) is 5.82. The summed E-state index contributed by atoms with van der Waals surface area (Å²) in [6, 6.07) is 31.9. The van der Waals surface area contributed by atoms with Gasteiger partial charge in [0.25, 0.3) is 5.91 Å². The molecule has 3 nitrogen and oxygen atoms in total. The summed E-state index contributed by atoms with van der Waals surface area (Å²) in [6.45, 7) is 3.84. The van der Waals surface area contributed by atoms with Crippen molar-refractivity contribution in [2.24, 2.45) is 0 Å². The first-order valence-corrected chi connectivity index (χ1v) is 10.2. The molecule has 150 valence electrons. The third-order valence-electron chi connectivity index (χ3n) is 5.32. The van der Waals surface area contributed by atoms with Crippen LogP contribution in [0.3, 0.4) is 0 Å². The molecule has 30 heavy (non-hydrogen) atoms. The van der Waals surface area contributed by atoms with Gasteiger partial charge in [-0.05, 0) is 53.4 Å². The predicted molar refractivity (Wildman–Crippen MR) is 122 cm³/mol. The third-order valence-corrected chi connectivity index (χ3v) is 5.32. The molecule has 0 aliphatic carbocycles. The Hall–Kier alpha value is -3.59. The van der Waals surface area contributed by atoms with E-state index in [1.165, 1.54) is 0 Å². The summed E-state index contributed by atoms with van der Waals surface area (Å²) in [6.07, 6.45) is -0.624. The number of nitrogens with one attached hydrogen (secondary N) is 1. The summed E-state index contributed by atoms with van der Waals surface area (Å²) in [5.41, 5.74) is 3.25. The zero-order valence-electron chi connectivity index (χ0n) is 17.2. The van der Waals surface area contributed by atoms with Crippen LogP contribution in [0.1, 0.15) is 29.7 Å². The Kier molecular flexibility index (Phi) is 5.80. The largest absolute Gasteiger partial charge is 0.481 e. The molecule has 0 fully saturated rings. The van der Waals surface area contributed by atoms with Gasteiger partial charge in [-0.15, -0.1) is 0 Å². The van der Waals surface area contributed by atoms with Gasteiger partial charge in [-0.1, -0.05) is 84.9 Å². The fourth-order valence-electron chi connectivity index (χ4n) is 3.65. The minimum absolute atomic E-state index is 0.153. The van der Waals surface area contributed by atoms with Gasteiger partial charge >= 0.3 is 0 Å². The molecule has 0 saturated heterocycles. The molecule has 1 N–H and O–H groups in total. The molecule has 0 aromatic heterocycles. The van der Waals surface area contributed by atoms with Crippen LogP contribution in [0.25, 0.3) is 10.8 Å². The smallest absolute Gasteiger partial charge is 0.261 e. The summed E-state index contributed by atoms with van der Waals surface area (Å²) in [5, 5.41) is 5.42. The maximum Gasteiger partial charge on any atom is 0.261 e. The van der Waals surface area contributed by atoms with E-state index in [0.29, 0.717) is 5.75 Å². The monoisotopic (exact) mass is 395 g/mol. The van der Waals surface area contributed by atoms with Crippen molar-refractivity contribution >= 4 is 16.7 Å². The molecule has 0 radical (unpaired) electrons. The summed E-state index contributed by atoms with van der Waals surface area (Å²) in [5.74, 6) is 0.531. The van der Waals surface area contributed by atoms with Gasteiger partial charge in [0.05, 0.1) is 6.04 Å². The summed E-state index contributed by atoms with van der Waals surface area (Å²) in [4.78, 5) is 13.0. The number of benzene rings is 4. The van der Waals surface area contributed by atoms with Gasteiger partial charge in [0.15, 0.2) is 6.10 Å². The second kappa shape index (κ2) is 8.83. The van der Waals surface area contributed by atoms with Crippen LogP contribution in [-0.4, -0.2) is 12.0 Å². The van der Waals surface area contributed by atoms with Gasteiger partial charge in [-0.25, -0.2) is 0 Å². The average molecular weight is 396 g/mol. The lowest BCUT2D eigenvalue weighted by molar-refractivity contribution is -0.127. The van der Waals surface area contributed by atoms with E-state index in [0.717, 1.165) is 27.5 Å². The van der Waals surface area contributed by atoms with E-state index in [4.69, 9.17) is 4.74 Å². The summed E-state index contributed by atoms with van der Waals surface area (Å²) < 4.78 is 5.98. The number of carbonyl (C=O) groups excluding carboxylic acids is 1. The quantitative estimate of drug-likeness (QED) is 0.447. The topological polar surface area (TPSA) is 38.3 Å². The molecule has 4 aromatic rings. The minimum atomic E-state index is -0.624. The SMILES string of the molecule is Cc1ccccc1[C@H](NC(=O)[C@@H](C)Oc1ccc2ccccc2c1)c1ccccc1. The standard InChI is InChI=1S/C27H25NO2/c1-19-10-6-9-15-25(19)26(22-12-4-3-5-13-22)28-27(29)20(2)30-24-17-16-21-11-7-8-14-23(21)18-24/h3-18,20,26H,1-2H3,(H,28,29)/t20-,26-/m1/s1. The number of amides is 1. The van der Waals surface area contributed by atoms with Crippen molar-refractivity contribution in [3.05, 3.63) is 114 Å². The normalized spacial score (nSPS) is 12.9. The molecule has 0 aliphatic rings. The van der Waals surface area contributed by atoms with Crippen LogP contribution >= 0.6 is 0 Å². The fourth-order valence-corrected chi connectivity index (χ4v) is 3.65. The number of aryl methyl sites for hydroxylation is 1. The van der Waals surface area contributed by atoms with Crippen molar-refractivity contribution in [3.8, 4) is 5.75 Å². The highest BCUT2D eigenvalue weighted by Gasteiger charge is 2.22. The summed E-state index contributed by atoms with van der Waals surface area (Å²) in [7, 11) is 0. The lowest BCUT2D eigenvalue weighted by Gasteiger charge is -2.24. The first-order chi connectivity index (χ1) is 14.6. The van der Waals surface area contributed by atoms with E-state index in [-0.39, 0.29) is 11.9 Å². The average Bonchev–Trinajstić information content (AvgIpc) is 2.78. The Morgan fingerprint density at radius 3 is 2.23 bits per heavy atom. The molecule has 4 aromatic carbocycles. The van der Waals surface area contributed by atoms with Crippen molar-refractivity contribution in [2.45, 2.75) is 26.0 Å². The van der Waals surface area contributed by atoms with E-state index in [2.05, 4.69) is 30.4 Å². The number of fused-ring (bicyclic) bond motifs is 1. The van der Waals surface area contributed by atoms with Gasteiger partial charge in [0, 0.05) is 0 Å². The molecule has 4 rings (SSSR count). The molecule has 0 aliphatic heterocycles. The van der Waals surface area contributed by atoms with Crippen LogP contribution in [0.4, 0.5) is 0 Å². The van der Waals surface area contributed by atoms with Crippen LogP contribution in [0.5, 0.6) is 5.75 Å². The molecule has 0 unspecified atom stereocenters. The molecule has 0 heterocycles. The van der Waals surface area contributed by atoms with E-state index < -0.39 is 6.10 Å². The van der Waals surface area contributed by atoms with E-state index in [9.17, 15) is 4.79 Å². The van der Waals surface area contributed by atoms with Crippen LogP contribution in [0.2, 0.25) is 0 Å². The van der Waals surface area contributed by atoms with E-state index >= 15 is 0 Å². The van der Waals surface area contributed by atoms with Crippen LogP contribution in [-0.2, 0) is 4.79 Å². The van der Waals surface area contributed by atoms with Gasteiger partial charge in [0.2, 0.25) is 0 Å². The van der Waals surface area contributed by atoms with Gasteiger partial charge in [-0.2, -0.15) is 0 Å². The Morgan fingerprint density at radius 2 is 1.47 bits per heavy atom. The second-order valence-corrected chi connectivity index (χ2v) is 7.48.